The summed E-state index contributed by atoms with van der Waals surface area (Å²) in [6, 6.07) is 5.78. The molecule has 0 atom stereocenters. The third-order valence-corrected chi connectivity index (χ3v) is 3.20. The molecule has 1 heterocycles. The minimum Gasteiger partial charge on any atom is -0.305 e. The van der Waals surface area contributed by atoms with Crippen LogP contribution in [0.2, 0.25) is 0 Å². The van der Waals surface area contributed by atoms with E-state index in [1.807, 2.05) is 0 Å². The standard InChI is InChI=1S/C12H9N3O4S/c1-7(16)13-12-14-11(17)10(20-12)6-8-2-4-9(5-3-8)15(18)19/h2-6H,1H3,(H,13,14,16,17)/b10-6+. The molecule has 1 aromatic carbocycles. The summed E-state index contributed by atoms with van der Waals surface area (Å²) in [6.07, 6.45) is 1.56. The van der Waals surface area contributed by atoms with Gasteiger partial charge in [0.1, 0.15) is 0 Å². The average molecular weight is 291 g/mol. The van der Waals surface area contributed by atoms with Gasteiger partial charge in [-0.15, -0.1) is 0 Å². The molecule has 2 amide bonds. The Morgan fingerprint density at radius 3 is 2.60 bits per heavy atom. The first-order valence-corrected chi connectivity index (χ1v) is 6.32. The molecule has 1 aliphatic heterocycles. The van der Waals surface area contributed by atoms with E-state index in [4.69, 9.17) is 0 Å². The van der Waals surface area contributed by atoms with Crippen LogP contribution in [-0.2, 0) is 9.59 Å². The number of benzene rings is 1. The molecule has 0 saturated heterocycles. The maximum Gasteiger partial charge on any atom is 0.286 e. The number of rotatable bonds is 2. The smallest absolute Gasteiger partial charge is 0.286 e. The predicted octanol–water partition coefficient (Wildman–Crippen LogP) is 1.70. The lowest BCUT2D eigenvalue weighted by molar-refractivity contribution is -0.384. The summed E-state index contributed by atoms with van der Waals surface area (Å²) < 4.78 is 0. The van der Waals surface area contributed by atoms with Gasteiger partial charge in [-0.3, -0.25) is 19.7 Å². The first-order valence-electron chi connectivity index (χ1n) is 5.50. The molecule has 20 heavy (non-hydrogen) atoms. The van der Waals surface area contributed by atoms with Crippen LogP contribution in [0.4, 0.5) is 5.69 Å². The molecule has 0 unspecified atom stereocenters. The fourth-order valence-corrected chi connectivity index (χ4v) is 2.32. The average Bonchev–Trinajstić information content (AvgIpc) is 2.69. The second-order valence-electron chi connectivity index (χ2n) is 3.86. The zero-order valence-corrected chi connectivity index (χ0v) is 11.1. The highest BCUT2D eigenvalue weighted by Crippen LogP contribution is 2.27. The molecule has 7 nitrogen and oxygen atoms in total. The SMILES string of the molecule is CC(=O)NC1=NC(=O)/C(=C\c2ccc([N+](=O)[O-])cc2)S1. The zero-order valence-electron chi connectivity index (χ0n) is 10.3. The summed E-state index contributed by atoms with van der Waals surface area (Å²) in [5, 5.41) is 13.2. The van der Waals surface area contributed by atoms with Gasteiger partial charge in [-0.05, 0) is 35.5 Å². The van der Waals surface area contributed by atoms with Gasteiger partial charge < -0.3 is 5.32 Å². The highest BCUT2D eigenvalue weighted by atomic mass is 32.2. The highest BCUT2D eigenvalue weighted by Gasteiger charge is 2.22. The summed E-state index contributed by atoms with van der Waals surface area (Å²) in [7, 11) is 0. The number of nitro groups is 1. The zero-order chi connectivity index (χ0) is 14.7. The van der Waals surface area contributed by atoms with Crippen molar-refractivity contribution in [3.63, 3.8) is 0 Å². The fraction of sp³-hybridized carbons (Fsp3) is 0.0833. The van der Waals surface area contributed by atoms with Crippen molar-refractivity contribution in [3.8, 4) is 0 Å². The fourth-order valence-electron chi connectivity index (χ4n) is 1.46. The Labute approximate surface area is 117 Å². The molecule has 0 radical (unpaired) electrons. The summed E-state index contributed by atoms with van der Waals surface area (Å²) in [5.74, 6) is -0.752. The van der Waals surface area contributed by atoms with E-state index in [1.165, 1.54) is 31.2 Å². The van der Waals surface area contributed by atoms with Gasteiger partial charge in [0.25, 0.3) is 11.6 Å². The summed E-state index contributed by atoms with van der Waals surface area (Å²) in [5.41, 5.74) is 0.624. The van der Waals surface area contributed by atoms with Crippen molar-refractivity contribution >= 4 is 40.5 Å². The molecule has 0 aromatic heterocycles. The third kappa shape index (κ3) is 3.29. The number of thioether (sulfide) groups is 1. The molecule has 1 aromatic rings. The number of aliphatic imine (C=N–C) groups is 1. The second kappa shape index (κ2) is 5.66. The molecule has 0 bridgehead atoms. The van der Waals surface area contributed by atoms with Crippen LogP contribution in [0, 0.1) is 10.1 Å². The van der Waals surface area contributed by atoms with E-state index in [0.717, 1.165) is 11.8 Å². The van der Waals surface area contributed by atoms with Crippen LogP contribution in [0.15, 0.2) is 34.2 Å². The molecule has 0 aliphatic carbocycles. The van der Waals surface area contributed by atoms with E-state index in [2.05, 4.69) is 10.3 Å². The molecule has 2 rings (SSSR count). The maximum atomic E-state index is 11.6. The largest absolute Gasteiger partial charge is 0.305 e. The van der Waals surface area contributed by atoms with Gasteiger partial charge >= 0.3 is 0 Å². The molecule has 0 fully saturated rings. The monoisotopic (exact) mass is 291 g/mol. The number of hydrogen-bond donors (Lipinski definition) is 1. The lowest BCUT2D eigenvalue weighted by Gasteiger charge is -1.98. The Bertz CT molecular complexity index is 649. The van der Waals surface area contributed by atoms with Crippen LogP contribution in [0.3, 0.4) is 0 Å². The number of carbonyl (C=O) groups excluding carboxylic acids is 2. The number of amides is 2. The Morgan fingerprint density at radius 1 is 1.40 bits per heavy atom. The normalized spacial score (nSPS) is 16.1. The molecule has 1 aliphatic rings. The van der Waals surface area contributed by atoms with Gasteiger partial charge in [0, 0.05) is 19.1 Å². The van der Waals surface area contributed by atoms with E-state index in [0.29, 0.717) is 10.5 Å². The molecule has 102 valence electrons. The van der Waals surface area contributed by atoms with Crippen LogP contribution in [0.5, 0.6) is 0 Å². The van der Waals surface area contributed by atoms with Crippen molar-refractivity contribution in [1.29, 1.82) is 0 Å². The number of non-ortho nitro benzene ring substituents is 1. The Morgan fingerprint density at radius 2 is 2.05 bits per heavy atom. The van der Waals surface area contributed by atoms with Crippen molar-refractivity contribution < 1.29 is 14.5 Å². The van der Waals surface area contributed by atoms with E-state index >= 15 is 0 Å². The summed E-state index contributed by atoms with van der Waals surface area (Å²) >= 11 is 1.05. The van der Waals surface area contributed by atoms with Gasteiger partial charge in [-0.2, -0.15) is 4.99 Å². The first kappa shape index (κ1) is 13.9. The number of nitrogens with zero attached hydrogens (tertiary/aromatic N) is 2. The minimum atomic E-state index is -0.496. The quantitative estimate of drug-likeness (QED) is 0.507. The third-order valence-electron chi connectivity index (χ3n) is 2.31. The van der Waals surface area contributed by atoms with Crippen LogP contribution < -0.4 is 5.32 Å². The van der Waals surface area contributed by atoms with Gasteiger partial charge in [-0.1, -0.05) is 0 Å². The van der Waals surface area contributed by atoms with Crippen molar-refractivity contribution in [2.75, 3.05) is 0 Å². The minimum absolute atomic E-state index is 0.0206. The Balaban J connectivity index is 2.14. The van der Waals surface area contributed by atoms with Crippen LogP contribution in [0.1, 0.15) is 12.5 Å². The Hall–Kier alpha value is -2.48. The highest BCUT2D eigenvalue weighted by molar-refractivity contribution is 8.18. The number of carbonyl (C=O) groups is 2. The number of hydrogen-bond acceptors (Lipinski definition) is 5. The summed E-state index contributed by atoms with van der Waals surface area (Å²) in [6.45, 7) is 1.32. The van der Waals surface area contributed by atoms with E-state index < -0.39 is 10.8 Å². The van der Waals surface area contributed by atoms with E-state index in [-0.39, 0.29) is 16.8 Å². The first-order chi connectivity index (χ1) is 9.45. The Kier molecular flexibility index (Phi) is 3.94. The van der Waals surface area contributed by atoms with Crippen LogP contribution in [-0.4, -0.2) is 21.9 Å². The van der Waals surface area contributed by atoms with Crippen molar-refractivity contribution in [2.45, 2.75) is 6.92 Å². The van der Waals surface area contributed by atoms with E-state index in [9.17, 15) is 19.7 Å². The molecule has 0 spiro atoms. The molecule has 8 heteroatoms. The van der Waals surface area contributed by atoms with Gasteiger partial charge in [0.05, 0.1) is 9.83 Å². The van der Waals surface area contributed by atoms with Crippen LogP contribution in [0.25, 0.3) is 6.08 Å². The second-order valence-corrected chi connectivity index (χ2v) is 4.89. The molecule has 0 saturated carbocycles. The number of nitro benzene ring substituents is 1. The van der Waals surface area contributed by atoms with Gasteiger partial charge in [-0.25, -0.2) is 0 Å². The van der Waals surface area contributed by atoms with Crippen LogP contribution >= 0.6 is 11.8 Å². The maximum absolute atomic E-state index is 11.6. The lowest BCUT2D eigenvalue weighted by atomic mass is 10.2. The van der Waals surface area contributed by atoms with Gasteiger partial charge in [0.2, 0.25) is 5.91 Å². The van der Waals surface area contributed by atoms with Crippen molar-refractivity contribution in [2.24, 2.45) is 4.99 Å². The molecule has 1 N–H and O–H groups in total. The topological polar surface area (TPSA) is 102 Å². The van der Waals surface area contributed by atoms with Crippen molar-refractivity contribution in [3.05, 3.63) is 44.8 Å². The molecular formula is C12H9N3O4S. The van der Waals surface area contributed by atoms with E-state index in [1.54, 1.807) is 6.08 Å². The lowest BCUT2D eigenvalue weighted by Crippen LogP contribution is -2.23. The number of amidine groups is 1. The number of nitrogens with one attached hydrogen (secondary N) is 1. The predicted molar refractivity (Wildman–Crippen MR) is 74.9 cm³/mol. The molecular weight excluding hydrogens is 282 g/mol. The van der Waals surface area contributed by atoms with Gasteiger partial charge in [0.15, 0.2) is 5.17 Å². The summed E-state index contributed by atoms with van der Waals surface area (Å²) in [4.78, 5) is 36.5. The van der Waals surface area contributed by atoms with Crippen molar-refractivity contribution in [1.82, 2.24) is 5.32 Å².